The lowest BCUT2D eigenvalue weighted by atomic mass is 9.96. The van der Waals surface area contributed by atoms with E-state index in [0.717, 1.165) is 29.7 Å². The van der Waals surface area contributed by atoms with Gasteiger partial charge in [-0.3, -0.25) is 14.5 Å². The van der Waals surface area contributed by atoms with Crippen LogP contribution in [0.3, 0.4) is 0 Å². The molecule has 122 valence electrons. The topological polar surface area (TPSA) is 78.5 Å². The minimum atomic E-state index is -0.848. The van der Waals surface area contributed by atoms with Crippen LogP contribution in [-0.4, -0.2) is 34.8 Å². The average molecular weight is 315 g/mol. The monoisotopic (exact) mass is 315 g/mol. The molecule has 1 unspecified atom stereocenters. The van der Waals surface area contributed by atoms with E-state index < -0.39 is 11.6 Å². The van der Waals surface area contributed by atoms with Gasteiger partial charge in [0.05, 0.1) is 0 Å². The molecule has 23 heavy (non-hydrogen) atoms. The molecule has 2 fully saturated rings. The Morgan fingerprint density at radius 3 is 2.78 bits per heavy atom. The van der Waals surface area contributed by atoms with Crippen LogP contribution in [0.25, 0.3) is 0 Å². The van der Waals surface area contributed by atoms with E-state index in [1.54, 1.807) is 13.0 Å². The third-order valence-corrected chi connectivity index (χ3v) is 4.62. The molecule has 1 aromatic carbocycles. The molecular formula is C17H21N3O3. The van der Waals surface area contributed by atoms with Crippen molar-refractivity contribution in [2.75, 3.05) is 11.9 Å². The predicted octanol–water partition coefficient (Wildman–Crippen LogP) is 1.91. The number of hydrogen-bond donors (Lipinski definition) is 2. The second-order valence-electron chi connectivity index (χ2n) is 6.40. The highest BCUT2D eigenvalue weighted by Crippen LogP contribution is 2.42. The zero-order valence-corrected chi connectivity index (χ0v) is 13.4. The summed E-state index contributed by atoms with van der Waals surface area (Å²) >= 11 is 0. The highest BCUT2D eigenvalue weighted by molar-refractivity contribution is 6.10. The Labute approximate surface area is 135 Å². The smallest absolute Gasteiger partial charge is 0.325 e. The number of urea groups is 1. The van der Waals surface area contributed by atoms with Crippen LogP contribution in [0.1, 0.15) is 32.3 Å². The van der Waals surface area contributed by atoms with E-state index in [2.05, 4.69) is 10.6 Å². The van der Waals surface area contributed by atoms with Gasteiger partial charge in [-0.15, -0.1) is 0 Å². The van der Waals surface area contributed by atoms with Crippen molar-refractivity contribution in [3.63, 3.8) is 0 Å². The molecule has 1 atom stereocenters. The lowest BCUT2D eigenvalue weighted by Crippen LogP contribution is -2.46. The Kier molecular flexibility index (Phi) is 3.83. The number of benzene rings is 1. The summed E-state index contributed by atoms with van der Waals surface area (Å²) in [4.78, 5) is 37.7. The molecule has 1 aliphatic carbocycles. The number of hydrogen-bond acceptors (Lipinski definition) is 3. The van der Waals surface area contributed by atoms with Gasteiger partial charge in [0.1, 0.15) is 12.1 Å². The summed E-state index contributed by atoms with van der Waals surface area (Å²) in [6.45, 7) is 3.52. The van der Waals surface area contributed by atoms with Gasteiger partial charge in [-0.25, -0.2) is 4.79 Å². The fraction of sp³-hybridized carbons (Fsp3) is 0.471. The van der Waals surface area contributed by atoms with Crippen molar-refractivity contribution in [1.29, 1.82) is 0 Å². The van der Waals surface area contributed by atoms with Crippen LogP contribution < -0.4 is 10.6 Å². The Balaban J connectivity index is 1.65. The fourth-order valence-electron chi connectivity index (χ4n) is 3.01. The molecule has 1 aliphatic heterocycles. The normalized spacial score (nSPS) is 23.8. The van der Waals surface area contributed by atoms with Crippen LogP contribution >= 0.6 is 0 Å². The lowest BCUT2D eigenvalue weighted by Gasteiger charge is -2.20. The number of anilines is 1. The van der Waals surface area contributed by atoms with Gasteiger partial charge in [0, 0.05) is 5.69 Å². The van der Waals surface area contributed by atoms with E-state index in [1.807, 2.05) is 25.1 Å². The zero-order chi connectivity index (χ0) is 16.6. The van der Waals surface area contributed by atoms with Crippen LogP contribution in [0.4, 0.5) is 10.5 Å². The standard InChI is InChI=1S/C17H21N3O3/c1-3-11-5-4-6-13(9-11)18-14(21)10-20-15(22)17(2,12-7-8-12)19-16(20)23/h4-6,9,12H,3,7-8,10H2,1-2H3,(H,18,21)(H,19,23). The van der Waals surface area contributed by atoms with Gasteiger partial charge in [0.2, 0.25) is 5.91 Å². The number of imide groups is 1. The average Bonchev–Trinajstić information content (AvgIpc) is 3.34. The first kappa shape index (κ1) is 15.5. The maximum Gasteiger partial charge on any atom is 0.325 e. The van der Waals surface area contributed by atoms with E-state index in [1.165, 1.54) is 0 Å². The first-order chi connectivity index (χ1) is 10.9. The second kappa shape index (κ2) is 5.68. The van der Waals surface area contributed by atoms with E-state index in [4.69, 9.17) is 0 Å². The number of carbonyl (C=O) groups excluding carboxylic acids is 3. The largest absolute Gasteiger partial charge is 0.325 e. The predicted molar refractivity (Wildman–Crippen MR) is 85.8 cm³/mol. The van der Waals surface area contributed by atoms with Crippen molar-refractivity contribution < 1.29 is 14.4 Å². The van der Waals surface area contributed by atoms with Crippen LogP contribution in [-0.2, 0) is 16.0 Å². The van der Waals surface area contributed by atoms with Crippen LogP contribution in [0, 0.1) is 5.92 Å². The number of nitrogens with zero attached hydrogens (tertiary/aromatic N) is 1. The Hall–Kier alpha value is -2.37. The van der Waals surface area contributed by atoms with Gasteiger partial charge in [-0.1, -0.05) is 19.1 Å². The zero-order valence-electron chi connectivity index (χ0n) is 13.4. The first-order valence-electron chi connectivity index (χ1n) is 7.97. The molecule has 1 saturated heterocycles. The Bertz CT molecular complexity index is 669. The van der Waals surface area contributed by atoms with Gasteiger partial charge in [-0.2, -0.15) is 0 Å². The van der Waals surface area contributed by atoms with Crippen LogP contribution in [0.5, 0.6) is 0 Å². The molecule has 0 bridgehead atoms. The van der Waals surface area contributed by atoms with E-state index in [0.29, 0.717) is 5.69 Å². The highest BCUT2D eigenvalue weighted by atomic mass is 16.2. The summed E-state index contributed by atoms with van der Waals surface area (Å²) in [5, 5.41) is 5.48. The molecule has 2 aliphatic rings. The molecule has 1 aromatic rings. The van der Waals surface area contributed by atoms with Gasteiger partial charge >= 0.3 is 6.03 Å². The maximum atomic E-state index is 12.5. The van der Waals surface area contributed by atoms with E-state index >= 15 is 0 Å². The SMILES string of the molecule is CCc1cccc(NC(=O)CN2C(=O)NC(C)(C3CC3)C2=O)c1. The summed E-state index contributed by atoms with van der Waals surface area (Å²) in [6, 6.07) is 7.04. The summed E-state index contributed by atoms with van der Waals surface area (Å²) in [5.74, 6) is -0.488. The minimum Gasteiger partial charge on any atom is -0.325 e. The number of nitrogens with one attached hydrogen (secondary N) is 2. The Morgan fingerprint density at radius 2 is 2.13 bits per heavy atom. The van der Waals surface area contributed by atoms with Gasteiger partial charge in [-0.05, 0) is 49.8 Å². The van der Waals surface area contributed by atoms with Crippen molar-refractivity contribution in [1.82, 2.24) is 10.2 Å². The minimum absolute atomic E-state index is 0.188. The molecule has 6 heteroatoms. The molecule has 1 saturated carbocycles. The van der Waals surface area contributed by atoms with Gasteiger partial charge in [0.15, 0.2) is 0 Å². The summed E-state index contributed by atoms with van der Waals surface area (Å²) in [5.41, 5.74) is 0.935. The fourth-order valence-corrected chi connectivity index (χ4v) is 3.01. The summed E-state index contributed by atoms with van der Waals surface area (Å²) in [7, 11) is 0. The molecule has 0 spiro atoms. The molecule has 2 N–H and O–H groups in total. The second-order valence-corrected chi connectivity index (χ2v) is 6.40. The van der Waals surface area contributed by atoms with Crippen molar-refractivity contribution in [2.45, 2.75) is 38.6 Å². The van der Waals surface area contributed by atoms with Gasteiger partial charge in [0.25, 0.3) is 5.91 Å². The molecule has 0 aromatic heterocycles. The molecule has 3 rings (SSSR count). The molecular weight excluding hydrogens is 294 g/mol. The summed E-state index contributed by atoms with van der Waals surface area (Å²) < 4.78 is 0. The highest BCUT2D eigenvalue weighted by Gasteiger charge is 2.56. The van der Waals surface area contributed by atoms with Gasteiger partial charge < -0.3 is 10.6 Å². The molecule has 6 nitrogen and oxygen atoms in total. The number of amides is 4. The lowest BCUT2D eigenvalue weighted by molar-refractivity contribution is -0.134. The van der Waals surface area contributed by atoms with Crippen LogP contribution in [0.2, 0.25) is 0 Å². The molecule has 0 radical (unpaired) electrons. The Morgan fingerprint density at radius 1 is 1.39 bits per heavy atom. The molecule has 1 heterocycles. The first-order valence-corrected chi connectivity index (χ1v) is 7.97. The quantitative estimate of drug-likeness (QED) is 0.815. The number of aryl methyl sites for hydroxylation is 1. The maximum absolute atomic E-state index is 12.5. The number of carbonyl (C=O) groups is 3. The third-order valence-electron chi connectivity index (χ3n) is 4.62. The van der Waals surface area contributed by atoms with Crippen molar-refractivity contribution in [3.8, 4) is 0 Å². The van der Waals surface area contributed by atoms with Crippen molar-refractivity contribution >= 4 is 23.5 Å². The van der Waals surface area contributed by atoms with E-state index in [-0.39, 0.29) is 24.3 Å². The third kappa shape index (κ3) is 2.93. The summed E-state index contributed by atoms with van der Waals surface area (Å²) in [6.07, 6.45) is 2.75. The van der Waals surface area contributed by atoms with Crippen molar-refractivity contribution in [2.24, 2.45) is 5.92 Å². The van der Waals surface area contributed by atoms with E-state index in [9.17, 15) is 14.4 Å². The molecule has 4 amide bonds. The number of rotatable bonds is 5. The van der Waals surface area contributed by atoms with Crippen LogP contribution in [0.15, 0.2) is 24.3 Å². The van der Waals surface area contributed by atoms with Crippen molar-refractivity contribution in [3.05, 3.63) is 29.8 Å².